The minimum atomic E-state index is -5.21. The van der Waals surface area contributed by atoms with Crippen molar-refractivity contribution in [1.29, 1.82) is 0 Å². The maximum Gasteiger partial charge on any atom is 0.471 e. The molecular formula is C20H25F3N2O6. The summed E-state index contributed by atoms with van der Waals surface area (Å²) in [5.41, 5.74) is 5.59. The number of unbranched alkanes of at least 4 members (excludes halogenated alkanes) is 1. The van der Waals surface area contributed by atoms with Crippen LogP contribution in [0.3, 0.4) is 0 Å². The molecular weight excluding hydrogens is 421 g/mol. The lowest BCUT2D eigenvalue weighted by Gasteiger charge is -2.22. The minimum Gasteiger partial charge on any atom is -0.463 e. The first-order chi connectivity index (χ1) is 14.6. The van der Waals surface area contributed by atoms with Crippen molar-refractivity contribution in [3.05, 3.63) is 35.9 Å². The van der Waals surface area contributed by atoms with Gasteiger partial charge in [0.1, 0.15) is 6.04 Å². The van der Waals surface area contributed by atoms with Crippen molar-refractivity contribution in [2.75, 3.05) is 13.2 Å². The van der Waals surface area contributed by atoms with E-state index < -0.39 is 48.4 Å². The fourth-order valence-corrected chi connectivity index (χ4v) is 2.52. The van der Waals surface area contributed by atoms with E-state index >= 15 is 0 Å². The highest BCUT2D eigenvalue weighted by molar-refractivity contribution is 5.99. The number of halogens is 3. The Labute approximate surface area is 177 Å². The summed E-state index contributed by atoms with van der Waals surface area (Å²) < 4.78 is 47.6. The molecule has 0 aromatic heterocycles. The third-order valence-corrected chi connectivity index (χ3v) is 4.07. The van der Waals surface area contributed by atoms with E-state index in [4.69, 9.17) is 15.2 Å². The SMILES string of the molecule is CCOC(=O)C(CC(=O)c1ccccc1)OC(=O)[C@H](CCCCN)NC(=O)C(F)(F)F. The minimum absolute atomic E-state index is 0.0723. The molecule has 3 N–H and O–H groups in total. The van der Waals surface area contributed by atoms with Gasteiger partial charge >= 0.3 is 24.0 Å². The van der Waals surface area contributed by atoms with Gasteiger partial charge in [-0.2, -0.15) is 13.2 Å². The van der Waals surface area contributed by atoms with Gasteiger partial charge in [-0.3, -0.25) is 9.59 Å². The quantitative estimate of drug-likeness (QED) is 0.285. The van der Waals surface area contributed by atoms with Crippen LogP contribution in [0, 0.1) is 0 Å². The molecule has 0 bridgehead atoms. The fourth-order valence-electron chi connectivity index (χ4n) is 2.52. The van der Waals surface area contributed by atoms with Crippen LogP contribution >= 0.6 is 0 Å². The van der Waals surface area contributed by atoms with Gasteiger partial charge in [-0.15, -0.1) is 0 Å². The van der Waals surface area contributed by atoms with Gasteiger partial charge in [-0.05, 0) is 32.7 Å². The lowest BCUT2D eigenvalue weighted by molar-refractivity contribution is -0.178. The van der Waals surface area contributed by atoms with Crippen LogP contribution in [0.15, 0.2) is 30.3 Å². The van der Waals surface area contributed by atoms with Crippen molar-refractivity contribution in [3.8, 4) is 0 Å². The Balaban J connectivity index is 2.97. The van der Waals surface area contributed by atoms with Gasteiger partial charge in [0, 0.05) is 5.56 Å². The Morgan fingerprint density at radius 2 is 1.71 bits per heavy atom. The molecule has 31 heavy (non-hydrogen) atoms. The molecule has 1 unspecified atom stereocenters. The average molecular weight is 446 g/mol. The summed E-state index contributed by atoms with van der Waals surface area (Å²) in [6.45, 7) is 1.65. The molecule has 2 atom stereocenters. The van der Waals surface area contributed by atoms with Gasteiger partial charge in [0.2, 0.25) is 6.10 Å². The Morgan fingerprint density at radius 1 is 1.06 bits per heavy atom. The van der Waals surface area contributed by atoms with Gasteiger partial charge in [0.15, 0.2) is 5.78 Å². The van der Waals surface area contributed by atoms with Crippen LogP contribution in [-0.4, -0.2) is 55.1 Å². The van der Waals surface area contributed by atoms with Crippen LogP contribution in [0.2, 0.25) is 0 Å². The molecule has 1 aromatic carbocycles. The number of nitrogens with two attached hydrogens (primary N) is 1. The topological polar surface area (TPSA) is 125 Å². The third-order valence-electron chi connectivity index (χ3n) is 4.07. The molecule has 0 aliphatic carbocycles. The number of Topliss-reactive ketones (excluding diaryl/α,β-unsaturated/α-hetero) is 1. The van der Waals surface area contributed by atoms with Crippen molar-refractivity contribution < 1.29 is 41.8 Å². The molecule has 1 rings (SSSR count). The van der Waals surface area contributed by atoms with Crippen LogP contribution < -0.4 is 11.1 Å². The first kappa shape index (κ1) is 26.1. The lowest BCUT2D eigenvalue weighted by Crippen LogP contribution is -2.49. The van der Waals surface area contributed by atoms with E-state index in [2.05, 4.69) is 0 Å². The number of amides is 1. The lowest BCUT2D eigenvalue weighted by atomic mass is 10.0. The molecule has 0 fully saturated rings. The number of esters is 2. The number of carbonyl (C=O) groups excluding carboxylic acids is 4. The van der Waals surface area contributed by atoms with Crippen LogP contribution in [0.1, 0.15) is 43.0 Å². The van der Waals surface area contributed by atoms with Crippen LogP contribution in [-0.2, 0) is 23.9 Å². The molecule has 0 saturated carbocycles. The average Bonchev–Trinajstić information content (AvgIpc) is 2.72. The van der Waals surface area contributed by atoms with E-state index in [9.17, 15) is 32.3 Å². The van der Waals surface area contributed by atoms with E-state index in [1.807, 2.05) is 0 Å². The Kier molecular flexibility index (Phi) is 10.7. The maximum absolute atomic E-state index is 12.6. The molecule has 0 aliphatic heterocycles. The molecule has 0 radical (unpaired) electrons. The number of rotatable bonds is 12. The standard InChI is InChI=1S/C20H25F3N2O6/c1-2-30-18(28)16(12-15(26)13-8-4-3-5-9-13)31-17(27)14(10-6-7-11-24)25-19(29)20(21,22)23/h3-5,8-9,14,16H,2,6-7,10-12,24H2,1H3,(H,25,29)/t14-,16?/m0/s1. The number of hydrogen-bond donors (Lipinski definition) is 2. The Morgan fingerprint density at radius 3 is 2.26 bits per heavy atom. The second kappa shape index (κ2) is 12.7. The van der Waals surface area contributed by atoms with Gasteiger partial charge in [0.25, 0.3) is 0 Å². The normalized spacial score (nSPS) is 13.1. The molecule has 8 nitrogen and oxygen atoms in total. The summed E-state index contributed by atoms with van der Waals surface area (Å²) in [7, 11) is 0. The summed E-state index contributed by atoms with van der Waals surface area (Å²) in [6, 6.07) is 6.17. The third kappa shape index (κ3) is 9.16. The number of hydrogen-bond acceptors (Lipinski definition) is 7. The van der Waals surface area contributed by atoms with E-state index in [0.29, 0.717) is 6.42 Å². The van der Waals surface area contributed by atoms with Gasteiger partial charge in [-0.1, -0.05) is 30.3 Å². The predicted molar refractivity (Wildman–Crippen MR) is 103 cm³/mol. The molecule has 1 amide bonds. The van der Waals surface area contributed by atoms with Crippen molar-refractivity contribution in [2.24, 2.45) is 5.73 Å². The van der Waals surface area contributed by atoms with Crippen molar-refractivity contribution >= 4 is 23.6 Å². The molecule has 0 saturated heterocycles. The van der Waals surface area contributed by atoms with E-state index in [1.54, 1.807) is 23.5 Å². The number of alkyl halides is 3. The largest absolute Gasteiger partial charge is 0.471 e. The first-order valence-corrected chi connectivity index (χ1v) is 9.63. The summed E-state index contributed by atoms with van der Waals surface area (Å²) in [6.07, 6.45) is -7.05. The molecule has 0 aliphatic rings. The summed E-state index contributed by atoms with van der Waals surface area (Å²) in [4.78, 5) is 48.3. The van der Waals surface area contributed by atoms with E-state index in [0.717, 1.165) is 0 Å². The number of ether oxygens (including phenoxy) is 2. The molecule has 0 spiro atoms. The highest BCUT2D eigenvalue weighted by atomic mass is 19.4. The van der Waals surface area contributed by atoms with Gasteiger partial charge in [0.05, 0.1) is 13.0 Å². The van der Waals surface area contributed by atoms with Crippen molar-refractivity contribution in [1.82, 2.24) is 5.32 Å². The van der Waals surface area contributed by atoms with Crippen LogP contribution in [0.4, 0.5) is 13.2 Å². The first-order valence-electron chi connectivity index (χ1n) is 9.63. The van der Waals surface area contributed by atoms with Gasteiger partial charge < -0.3 is 20.5 Å². The van der Waals surface area contributed by atoms with E-state index in [-0.39, 0.29) is 31.6 Å². The second-order valence-electron chi connectivity index (χ2n) is 6.48. The fraction of sp³-hybridized carbons (Fsp3) is 0.500. The zero-order valence-corrected chi connectivity index (χ0v) is 16.9. The number of carbonyl (C=O) groups is 4. The van der Waals surface area contributed by atoms with Crippen molar-refractivity contribution in [2.45, 2.75) is 50.9 Å². The van der Waals surface area contributed by atoms with Crippen molar-refractivity contribution in [3.63, 3.8) is 0 Å². The Hall–Kier alpha value is -2.95. The highest BCUT2D eigenvalue weighted by Crippen LogP contribution is 2.17. The van der Waals surface area contributed by atoms with Gasteiger partial charge in [-0.25, -0.2) is 9.59 Å². The number of ketones is 1. The Bertz CT molecular complexity index is 755. The maximum atomic E-state index is 12.6. The number of nitrogens with one attached hydrogen (secondary N) is 1. The second-order valence-corrected chi connectivity index (χ2v) is 6.48. The number of benzene rings is 1. The smallest absolute Gasteiger partial charge is 0.463 e. The highest BCUT2D eigenvalue weighted by Gasteiger charge is 2.41. The molecule has 172 valence electrons. The van der Waals surface area contributed by atoms with Crippen LogP contribution in [0.25, 0.3) is 0 Å². The summed E-state index contributed by atoms with van der Waals surface area (Å²) in [5, 5.41) is 1.56. The zero-order valence-electron chi connectivity index (χ0n) is 16.9. The molecule has 0 heterocycles. The zero-order chi connectivity index (χ0) is 23.4. The monoisotopic (exact) mass is 446 g/mol. The van der Waals surface area contributed by atoms with Crippen LogP contribution in [0.5, 0.6) is 0 Å². The molecule has 11 heteroatoms. The molecule has 1 aromatic rings. The predicted octanol–water partition coefficient (Wildman–Crippen LogP) is 1.91. The van der Waals surface area contributed by atoms with E-state index in [1.165, 1.54) is 19.1 Å². The summed E-state index contributed by atoms with van der Waals surface area (Å²) >= 11 is 0. The summed E-state index contributed by atoms with van der Waals surface area (Å²) in [5.74, 6) is -5.17.